The van der Waals surface area contributed by atoms with Crippen molar-refractivity contribution in [2.75, 3.05) is 19.6 Å². The lowest BCUT2D eigenvalue weighted by molar-refractivity contribution is -0.0201. The Morgan fingerprint density at radius 3 is 2.72 bits per heavy atom. The fraction of sp³-hybridized carbons (Fsp3) is 0.294. The van der Waals surface area contributed by atoms with Crippen LogP contribution in [0.2, 0.25) is 5.02 Å². The van der Waals surface area contributed by atoms with Gasteiger partial charge in [0.2, 0.25) is 0 Å². The highest BCUT2D eigenvalue weighted by molar-refractivity contribution is 7.89. The highest BCUT2D eigenvalue weighted by Gasteiger charge is 2.50. The van der Waals surface area contributed by atoms with Gasteiger partial charge in [-0.25, -0.2) is 17.8 Å². The zero-order chi connectivity index (χ0) is 20.5. The summed E-state index contributed by atoms with van der Waals surface area (Å²) < 4.78 is 46.0. The number of rotatable bonds is 5. The molecule has 0 amide bonds. The molecule has 0 radical (unpaired) electrons. The van der Waals surface area contributed by atoms with Gasteiger partial charge >= 0.3 is 0 Å². The summed E-state index contributed by atoms with van der Waals surface area (Å²) in [6.07, 6.45) is 0.152. The van der Waals surface area contributed by atoms with Gasteiger partial charge in [0.25, 0.3) is 10.0 Å². The largest absolute Gasteiger partial charge is 0.486 e. The quantitative estimate of drug-likeness (QED) is 0.684. The van der Waals surface area contributed by atoms with E-state index in [-0.39, 0.29) is 53.4 Å². The van der Waals surface area contributed by atoms with Gasteiger partial charge in [0, 0.05) is 25.4 Å². The summed E-state index contributed by atoms with van der Waals surface area (Å²) in [4.78, 5) is 3.81. The molecule has 29 heavy (non-hydrogen) atoms. The van der Waals surface area contributed by atoms with Crippen molar-refractivity contribution in [2.45, 2.75) is 16.7 Å². The lowest BCUT2D eigenvalue weighted by Gasteiger charge is -2.27. The highest BCUT2D eigenvalue weighted by atomic mass is 35.5. The average molecular weight is 463 g/mol. The monoisotopic (exact) mass is 462 g/mol. The smallest absolute Gasteiger partial charge is 0.260 e. The van der Waals surface area contributed by atoms with Crippen LogP contribution in [-0.4, -0.2) is 54.2 Å². The van der Waals surface area contributed by atoms with Crippen molar-refractivity contribution in [2.24, 2.45) is 5.73 Å². The fourth-order valence-electron chi connectivity index (χ4n) is 2.82. The predicted molar refractivity (Wildman–Crippen MR) is 105 cm³/mol. The minimum absolute atomic E-state index is 0. The second kappa shape index (κ2) is 8.79. The average Bonchev–Trinajstić information content (AvgIpc) is 3.00. The molecule has 0 saturated carbocycles. The summed E-state index contributed by atoms with van der Waals surface area (Å²) in [7, 11) is -4.03. The first kappa shape index (κ1) is 23.3. The molecule has 0 aliphatic carbocycles. The number of aromatic nitrogens is 1. The number of hydrogen-bond acceptors (Lipinski definition) is 7. The van der Waals surface area contributed by atoms with Crippen LogP contribution in [0.25, 0.3) is 0 Å². The molecular formula is C17H17Cl2FN4O4S. The van der Waals surface area contributed by atoms with Crippen molar-refractivity contribution in [3.63, 3.8) is 0 Å². The van der Waals surface area contributed by atoms with E-state index >= 15 is 0 Å². The summed E-state index contributed by atoms with van der Waals surface area (Å²) in [5, 5.41) is 19.6. The first-order chi connectivity index (χ1) is 13.2. The van der Waals surface area contributed by atoms with E-state index in [0.29, 0.717) is 0 Å². The van der Waals surface area contributed by atoms with Crippen LogP contribution in [0.15, 0.2) is 41.6 Å². The minimum atomic E-state index is -4.03. The summed E-state index contributed by atoms with van der Waals surface area (Å²) in [5.41, 5.74) is 3.80. The Balaban J connectivity index is 0.00000300. The molecule has 3 N–H and O–H groups in total. The van der Waals surface area contributed by atoms with Crippen LogP contribution in [-0.2, 0) is 10.0 Å². The van der Waals surface area contributed by atoms with Gasteiger partial charge < -0.3 is 15.6 Å². The first-order valence-corrected chi connectivity index (χ1v) is 9.92. The standard InChI is InChI=1S/C17H16ClFN4O4S.ClH/c18-12-2-4-16(22-7-12)28(25,26)23-8-15(17(24,9-21)10-23)27-13-3-1-11(6-20)14(19)5-13;/h1-5,7,15,24H,8-10,21H2;1H/t15-,17-;/m0./s1. The molecular weight excluding hydrogens is 446 g/mol. The van der Waals surface area contributed by atoms with E-state index in [9.17, 15) is 17.9 Å². The van der Waals surface area contributed by atoms with E-state index in [1.807, 2.05) is 0 Å². The van der Waals surface area contributed by atoms with Crippen LogP contribution in [0.5, 0.6) is 5.75 Å². The van der Waals surface area contributed by atoms with Gasteiger partial charge in [-0.15, -0.1) is 12.4 Å². The van der Waals surface area contributed by atoms with Crippen molar-refractivity contribution < 1.29 is 22.7 Å². The van der Waals surface area contributed by atoms with E-state index in [2.05, 4.69) is 4.98 Å². The van der Waals surface area contributed by atoms with Gasteiger partial charge in [-0.2, -0.15) is 9.57 Å². The molecule has 2 heterocycles. The maximum atomic E-state index is 13.8. The number of ether oxygens (including phenoxy) is 1. The molecule has 156 valence electrons. The zero-order valence-electron chi connectivity index (χ0n) is 14.8. The van der Waals surface area contributed by atoms with E-state index in [1.54, 1.807) is 6.07 Å². The molecule has 2 atom stereocenters. The number of halogens is 3. The van der Waals surface area contributed by atoms with E-state index in [0.717, 1.165) is 10.4 Å². The Bertz CT molecular complexity index is 1030. The molecule has 0 spiro atoms. The number of nitrogens with two attached hydrogens (primary N) is 1. The Kier molecular flexibility index (Phi) is 7.06. The molecule has 1 saturated heterocycles. The Hall–Kier alpha value is -2.00. The molecule has 2 aromatic rings. The van der Waals surface area contributed by atoms with Crippen LogP contribution in [0.3, 0.4) is 0 Å². The zero-order valence-corrected chi connectivity index (χ0v) is 17.2. The third-order valence-electron chi connectivity index (χ3n) is 4.42. The predicted octanol–water partition coefficient (Wildman–Crippen LogP) is 1.31. The van der Waals surface area contributed by atoms with Gasteiger partial charge in [-0.1, -0.05) is 11.6 Å². The summed E-state index contributed by atoms with van der Waals surface area (Å²) in [6.45, 7) is -0.821. The van der Waals surface area contributed by atoms with Crippen molar-refractivity contribution in [3.05, 3.63) is 52.9 Å². The maximum Gasteiger partial charge on any atom is 0.260 e. The second-order valence-corrected chi connectivity index (χ2v) is 8.60. The topological polar surface area (TPSA) is 130 Å². The van der Waals surface area contributed by atoms with Gasteiger partial charge in [0.05, 0.1) is 17.1 Å². The van der Waals surface area contributed by atoms with Crippen LogP contribution in [0, 0.1) is 17.1 Å². The third-order valence-corrected chi connectivity index (χ3v) is 6.37. The van der Waals surface area contributed by atoms with E-state index in [1.165, 1.54) is 30.5 Å². The van der Waals surface area contributed by atoms with Crippen LogP contribution >= 0.6 is 24.0 Å². The number of benzene rings is 1. The molecule has 1 aliphatic rings. The lowest BCUT2D eigenvalue weighted by atomic mass is 10.0. The van der Waals surface area contributed by atoms with E-state index < -0.39 is 27.5 Å². The lowest BCUT2D eigenvalue weighted by Crippen LogP contribution is -2.50. The second-order valence-electron chi connectivity index (χ2n) is 6.28. The SMILES string of the molecule is Cl.N#Cc1ccc(O[C@H]2CN(S(=O)(=O)c3ccc(Cl)cn3)C[C@@]2(O)CN)cc1F. The minimum Gasteiger partial charge on any atom is -0.486 e. The number of β-amino-alcohol motifs (C(OH)–C–C–N with tert-alkyl or cyclic N) is 1. The molecule has 1 fully saturated rings. The Labute approximate surface area is 178 Å². The molecule has 12 heteroatoms. The Morgan fingerprint density at radius 1 is 1.45 bits per heavy atom. The molecule has 1 aromatic carbocycles. The van der Waals surface area contributed by atoms with Crippen molar-refractivity contribution in [1.82, 2.24) is 9.29 Å². The highest BCUT2D eigenvalue weighted by Crippen LogP contribution is 2.30. The summed E-state index contributed by atoms with van der Waals surface area (Å²) in [5.74, 6) is -0.749. The van der Waals surface area contributed by atoms with Gasteiger partial charge in [0.1, 0.15) is 29.3 Å². The van der Waals surface area contributed by atoms with Crippen molar-refractivity contribution >= 4 is 34.0 Å². The Morgan fingerprint density at radius 2 is 2.17 bits per heavy atom. The van der Waals surface area contributed by atoms with Gasteiger partial charge in [-0.3, -0.25) is 0 Å². The van der Waals surface area contributed by atoms with Gasteiger partial charge in [0.15, 0.2) is 5.03 Å². The normalized spacial score (nSPS) is 22.0. The number of nitrogens with zero attached hydrogens (tertiary/aromatic N) is 3. The van der Waals surface area contributed by atoms with Crippen molar-refractivity contribution in [3.8, 4) is 11.8 Å². The number of aliphatic hydroxyl groups is 1. The molecule has 8 nitrogen and oxygen atoms in total. The molecule has 0 unspecified atom stereocenters. The van der Waals surface area contributed by atoms with Gasteiger partial charge in [-0.05, 0) is 24.3 Å². The number of nitriles is 1. The number of pyridine rings is 1. The molecule has 0 bridgehead atoms. The van der Waals surface area contributed by atoms with Crippen LogP contribution in [0.4, 0.5) is 4.39 Å². The first-order valence-electron chi connectivity index (χ1n) is 8.10. The van der Waals surface area contributed by atoms with Crippen LogP contribution < -0.4 is 10.5 Å². The molecule has 3 rings (SSSR count). The molecule has 1 aromatic heterocycles. The van der Waals surface area contributed by atoms with Crippen molar-refractivity contribution in [1.29, 1.82) is 5.26 Å². The number of hydrogen-bond donors (Lipinski definition) is 2. The molecule has 1 aliphatic heterocycles. The maximum absolute atomic E-state index is 13.8. The third kappa shape index (κ3) is 4.61. The summed E-state index contributed by atoms with van der Waals surface area (Å²) >= 11 is 5.74. The summed E-state index contributed by atoms with van der Waals surface area (Å²) in [6, 6.07) is 7.91. The van der Waals surface area contributed by atoms with E-state index in [4.69, 9.17) is 27.3 Å². The number of sulfonamides is 1. The van der Waals surface area contributed by atoms with Crippen LogP contribution in [0.1, 0.15) is 5.56 Å². The fourth-order valence-corrected chi connectivity index (χ4v) is 4.35.